The van der Waals surface area contributed by atoms with Gasteiger partial charge in [0, 0.05) is 30.3 Å². The highest BCUT2D eigenvalue weighted by atomic mass is 35.5. The summed E-state index contributed by atoms with van der Waals surface area (Å²) in [6.07, 6.45) is 3.49. The molecule has 0 bridgehead atoms. The fraction of sp³-hybridized carbons (Fsp3) is 0.600. The first-order valence-corrected chi connectivity index (χ1v) is 7.39. The van der Waals surface area contributed by atoms with Crippen molar-refractivity contribution < 1.29 is 0 Å². The van der Waals surface area contributed by atoms with Crippen molar-refractivity contribution in [1.29, 1.82) is 0 Å². The van der Waals surface area contributed by atoms with Gasteiger partial charge in [0.2, 0.25) is 0 Å². The summed E-state index contributed by atoms with van der Waals surface area (Å²) in [4.78, 5) is 4.77. The molecule has 1 aliphatic heterocycles. The van der Waals surface area contributed by atoms with E-state index in [0.29, 0.717) is 12.6 Å². The molecule has 106 valence electrons. The minimum atomic E-state index is 0.648. The van der Waals surface area contributed by atoms with E-state index in [4.69, 9.17) is 17.3 Å². The maximum Gasteiger partial charge on any atom is 0.0426 e. The van der Waals surface area contributed by atoms with Crippen LogP contribution in [0, 0.1) is 0 Å². The van der Waals surface area contributed by atoms with Crippen molar-refractivity contribution in [2.45, 2.75) is 25.3 Å². The quantitative estimate of drug-likeness (QED) is 0.899. The Morgan fingerprint density at radius 3 is 2.89 bits per heavy atom. The summed E-state index contributed by atoms with van der Waals surface area (Å²) in [5.74, 6) is 0. The molecular weight excluding hydrogens is 258 g/mol. The molecule has 4 heteroatoms. The van der Waals surface area contributed by atoms with Crippen molar-refractivity contribution in [2.75, 3.05) is 38.6 Å². The fourth-order valence-corrected chi connectivity index (χ4v) is 3.05. The van der Waals surface area contributed by atoms with Crippen molar-refractivity contribution in [2.24, 2.45) is 5.73 Å². The van der Waals surface area contributed by atoms with E-state index in [1.807, 2.05) is 6.07 Å². The third-order valence-corrected chi connectivity index (χ3v) is 4.26. The van der Waals surface area contributed by atoms with Crippen LogP contribution in [-0.2, 0) is 6.42 Å². The van der Waals surface area contributed by atoms with E-state index in [9.17, 15) is 0 Å². The number of likely N-dealkylation sites (tertiary alicyclic amines) is 1. The van der Waals surface area contributed by atoms with Crippen LogP contribution in [0.4, 0.5) is 5.69 Å². The fourth-order valence-electron chi connectivity index (χ4n) is 2.88. The highest BCUT2D eigenvalue weighted by molar-refractivity contribution is 6.30. The Hall–Kier alpha value is -0.770. The number of halogens is 1. The molecule has 0 saturated carbocycles. The number of nitrogens with zero attached hydrogens (tertiary/aromatic N) is 2. The average molecular weight is 282 g/mol. The highest BCUT2D eigenvalue weighted by Crippen LogP contribution is 2.26. The summed E-state index contributed by atoms with van der Waals surface area (Å²) >= 11 is 6.14. The molecule has 1 aromatic rings. The van der Waals surface area contributed by atoms with Gasteiger partial charge in [-0.05, 0) is 57.1 Å². The van der Waals surface area contributed by atoms with E-state index in [2.05, 4.69) is 36.0 Å². The maximum absolute atomic E-state index is 6.14. The normalized spacial score (nSPS) is 19.9. The molecule has 0 radical (unpaired) electrons. The van der Waals surface area contributed by atoms with E-state index in [-0.39, 0.29) is 0 Å². The monoisotopic (exact) mass is 281 g/mol. The molecule has 2 rings (SSSR count). The molecule has 0 aliphatic carbocycles. The molecule has 1 aromatic carbocycles. The summed E-state index contributed by atoms with van der Waals surface area (Å²) in [6, 6.07) is 6.75. The third-order valence-electron chi connectivity index (χ3n) is 4.03. The standard InChI is InChI=1S/C15H24ClN3/c1-18-9-3-4-14(18)11-19(2)15-10-13(16)6-5-12(15)7-8-17/h5-6,10,14H,3-4,7-9,11,17H2,1-2H3. The number of hydrogen-bond donors (Lipinski definition) is 1. The Bertz CT molecular complexity index is 422. The van der Waals surface area contributed by atoms with Crippen molar-refractivity contribution in [3.05, 3.63) is 28.8 Å². The second-order valence-corrected chi connectivity index (χ2v) is 5.91. The van der Waals surface area contributed by atoms with Crippen LogP contribution in [0.1, 0.15) is 18.4 Å². The summed E-state index contributed by atoms with van der Waals surface area (Å²) in [7, 11) is 4.36. The minimum absolute atomic E-state index is 0.648. The molecule has 1 aliphatic rings. The van der Waals surface area contributed by atoms with Crippen LogP contribution in [0.5, 0.6) is 0 Å². The van der Waals surface area contributed by atoms with E-state index < -0.39 is 0 Å². The predicted octanol–water partition coefficient (Wildman–Crippen LogP) is 2.37. The lowest BCUT2D eigenvalue weighted by molar-refractivity contribution is 0.314. The van der Waals surface area contributed by atoms with Gasteiger partial charge in [0.05, 0.1) is 0 Å². The van der Waals surface area contributed by atoms with Gasteiger partial charge in [-0.2, -0.15) is 0 Å². The zero-order valence-electron chi connectivity index (χ0n) is 11.9. The van der Waals surface area contributed by atoms with Crippen LogP contribution in [0.15, 0.2) is 18.2 Å². The lowest BCUT2D eigenvalue weighted by Gasteiger charge is -2.29. The lowest BCUT2D eigenvalue weighted by Crippen LogP contribution is -2.37. The topological polar surface area (TPSA) is 32.5 Å². The summed E-state index contributed by atoms with van der Waals surface area (Å²) in [6.45, 7) is 2.93. The number of benzene rings is 1. The summed E-state index contributed by atoms with van der Waals surface area (Å²) in [5.41, 5.74) is 8.20. The molecule has 2 N–H and O–H groups in total. The van der Waals surface area contributed by atoms with Gasteiger partial charge in [-0.3, -0.25) is 0 Å². The first-order chi connectivity index (χ1) is 9.11. The van der Waals surface area contributed by atoms with Gasteiger partial charge in [0.25, 0.3) is 0 Å². The second kappa shape index (κ2) is 6.60. The number of anilines is 1. The van der Waals surface area contributed by atoms with Gasteiger partial charge < -0.3 is 15.5 Å². The Balaban J connectivity index is 2.12. The van der Waals surface area contributed by atoms with E-state index in [0.717, 1.165) is 18.0 Å². The molecule has 1 fully saturated rings. The van der Waals surface area contributed by atoms with Crippen molar-refractivity contribution in [1.82, 2.24) is 4.90 Å². The highest BCUT2D eigenvalue weighted by Gasteiger charge is 2.22. The number of nitrogens with two attached hydrogens (primary N) is 1. The summed E-state index contributed by atoms with van der Waals surface area (Å²) in [5, 5.41) is 0.794. The molecule has 1 heterocycles. The lowest BCUT2D eigenvalue weighted by atomic mass is 10.1. The van der Waals surface area contributed by atoms with Crippen LogP contribution in [-0.4, -0.2) is 44.7 Å². The van der Waals surface area contributed by atoms with Crippen LogP contribution >= 0.6 is 11.6 Å². The predicted molar refractivity (Wildman–Crippen MR) is 83.1 cm³/mol. The molecule has 0 aromatic heterocycles. The average Bonchev–Trinajstić information content (AvgIpc) is 2.77. The molecule has 19 heavy (non-hydrogen) atoms. The smallest absolute Gasteiger partial charge is 0.0426 e. The van der Waals surface area contributed by atoms with Crippen LogP contribution in [0.3, 0.4) is 0 Å². The molecule has 1 saturated heterocycles. The zero-order chi connectivity index (χ0) is 13.8. The van der Waals surface area contributed by atoms with Gasteiger partial charge in [0.1, 0.15) is 0 Å². The van der Waals surface area contributed by atoms with Crippen molar-refractivity contribution in [3.63, 3.8) is 0 Å². The van der Waals surface area contributed by atoms with Crippen molar-refractivity contribution >= 4 is 17.3 Å². The Morgan fingerprint density at radius 2 is 2.26 bits per heavy atom. The Morgan fingerprint density at radius 1 is 1.47 bits per heavy atom. The SMILES string of the molecule is CN(CC1CCCN1C)c1cc(Cl)ccc1CCN. The van der Waals surface area contributed by atoms with Gasteiger partial charge in [-0.25, -0.2) is 0 Å². The second-order valence-electron chi connectivity index (χ2n) is 5.47. The molecule has 0 spiro atoms. The van der Waals surface area contributed by atoms with Gasteiger partial charge in [0.15, 0.2) is 0 Å². The molecule has 1 atom stereocenters. The van der Waals surface area contributed by atoms with E-state index in [1.165, 1.54) is 30.6 Å². The van der Waals surface area contributed by atoms with E-state index >= 15 is 0 Å². The Labute approximate surface area is 121 Å². The zero-order valence-corrected chi connectivity index (χ0v) is 12.7. The van der Waals surface area contributed by atoms with Crippen molar-refractivity contribution in [3.8, 4) is 0 Å². The number of likely N-dealkylation sites (N-methyl/N-ethyl adjacent to an activating group) is 2. The molecule has 0 amide bonds. The number of hydrogen-bond acceptors (Lipinski definition) is 3. The Kier molecular flexibility index (Phi) is 5.08. The maximum atomic E-state index is 6.14. The molecular formula is C15H24ClN3. The number of rotatable bonds is 5. The first kappa shape index (κ1) is 14.6. The third kappa shape index (κ3) is 3.62. The first-order valence-electron chi connectivity index (χ1n) is 7.01. The van der Waals surface area contributed by atoms with Gasteiger partial charge in [-0.1, -0.05) is 17.7 Å². The molecule has 1 unspecified atom stereocenters. The van der Waals surface area contributed by atoms with Crippen LogP contribution in [0.25, 0.3) is 0 Å². The van der Waals surface area contributed by atoms with Gasteiger partial charge in [-0.15, -0.1) is 0 Å². The van der Waals surface area contributed by atoms with E-state index in [1.54, 1.807) is 0 Å². The van der Waals surface area contributed by atoms with Crippen LogP contribution in [0.2, 0.25) is 5.02 Å². The van der Waals surface area contributed by atoms with Gasteiger partial charge >= 0.3 is 0 Å². The minimum Gasteiger partial charge on any atom is -0.373 e. The molecule has 3 nitrogen and oxygen atoms in total. The van der Waals surface area contributed by atoms with Crippen LogP contribution < -0.4 is 10.6 Å². The largest absolute Gasteiger partial charge is 0.373 e. The summed E-state index contributed by atoms with van der Waals surface area (Å²) < 4.78 is 0.